The monoisotopic (exact) mass is 319 g/mol. The van der Waals surface area contributed by atoms with E-state index in [1.54, 1.807) is 53.8 Å². The fourth-order valence-electron chi connectivity index (χ4n) is 1.84. The second-order valence-electron chi connectivity index (χ2n) is 7.14. The summed E-state index contributed by atoms with van der Waals surface area (Å²) in [4.78, 5) is 35.6. The minimum atomic E-state index is -0.696. The Bertz CT molecular complexity index is 751. The third-order valence-electron chi connectivity index (χ3n) is 2.59. The van der Waals surface area contributed by atoms with Gasteiger partial charge in [-0.25, -0.2) is 19.6 Å². The van der Waals surface area contributed by atoms with Crippen molar-refractivity contribution in [1.29, 1.82) is 0 Å². The lowest BCUT2D eigenvalue weighted by Gasteiger charge is -2.20. The van der Waals surface area contributed by atoms with Crippen LogP contribution in [0.4, 0.5) is 0 Å². The minimum Gasteiger partial charge on any atom is -0.455 e. The van der Waals surface area contributed by atoms with Gasteiger partial charge in [0.25, 0.3) is 0 Å². The topological polar surface area (TPSA) is 94.2 Å². The lowest BCUT2D eigenvalue weighted by molar-refractivity contribution is 0.00535. The molecule has 2 aromatic rings. The van der Waals surface area contributed by atoms with E-state index in [1.165, 1.54) is 0 Å². The van der Waals surface area contributed by atoms with E-state index in [4.69, 9.17) is 9.47 Å². The molecule has 0 unspecified atom stereocenters. The second-order valence-corrected chi connectivity index (χ2v) is 7.14. The summed E-state index contributed by atoms with van der Waals surface area (Å²) in [5.41, 5.74) is -0.942. The molecule has 0 fully saturated rings. The van der Waals surface area contributed by atoms with Crippen molar-refractivity contribution in [3.05, 3.63) is 23.8 Å². The van der Waals surface area contributed by atoms with Crippen molar-refractivity contribution in [1.82, 2.24) is 15.0 Å². The summed E-state index contributed by atoms with van der Waals surface area (Å²) < 4.78 is 10.6. The molecule has 0 spiro atoms. The van der Waals surface area contributed by atoms with Crippen molar-refractivity contribution in [3.8, 4) is 0 Å². The van der Waals surface area contributed by atoms with Crippen molar-refractivity contribution >= 4 is 23.0 Å². The molecule has 124 valence electrons. The van der Waals surface area contributed by atoms with Gasteiger partial charge in [-0.05, 0) is 47.6 Å². The summed E-state index contributed by atoms with van der Waals surface area (Å²) >= 11 is 0. The quantitative estimate of drug-likeness (QED) is 0.855. The Morgan fingerprint density at radius 1 is 0.957 bits per heavy atom. The fraction of sp³-hybridized carbons (Fsp3) is 0.500. The number of carbonyl (C=O) groups excluding carboxylic acids is 2. The lowest BCUT2D eigenvalue weighted by Crippen LogP contribution is -2.27. The van der Waals surface area contributed by atoms with Gasteiger partial charge in [0.05, 0.1) is 5.39 Å². The van der Waals surface area contributed by atoms with Gasteiger partial charge in [0.1, 0.15) is 16.8 Å². The molecule has 0 aromatic carbocycles. The first kappa shape index (κ1) is 16.9. The van der Waals surface area contributed by atoms with Crippen LogP contribution in [0.5, 0.6) is 0 Å². The Kier molecular flexibility index (Phi) is 4.15. The zero-order valence-electron chi connectivity index (χ0n) is 14.2. The van der Waals surface area contributed by atoms with E-state index in [2.05, 4.69) is 15.0 Å². The molecule has 0 bridgehead atoms. The van der Waals surface area contributed by atoms with Crippen LogP contribution in [0.15, 0.2) is 12.3 Å². The highest BCUT2D eigenvalue weighted by molar-refractivity contribution is 6.02. The summed E-state index contributed by atoms with van der Waals surface area (Å²) in [6.07, 6.45) is 1.62. The number of rotatable bonds is 2. The van der Waals surface area contributed by atoms with Gasteiger partial charge in [0.2, 0.25) is 5.82 Å². The third-order valence-corrected chi connectivity index (χ3v) is 2.59. The molecule has 2 rings (SSSR count). The van der Waals surface area contributed by atoms with Gasteiger partial charge in [-0.3, -0.25) is 0 Å². The number of aromatic amines is 1. The number of fused-ring (bicyclic) bond motifs is 1. The van der Waals surface area contributed by atoms with Gasteiger partial charge in [-0.1, -0.05) is 0 Å². The van der Waals surface area contributed by atoms with Crippen LogP contribution < -0.4 is 0 Å². The van der Waals surface area contributed by atoms with Crippen LogP contribution in [0.25, 0.3) is 11.0 Å². The fourth-order valence-corrected chi connectivity index (χ4v) is 1.84. The van der Waals surface area contributed by atoms with E-state index in [1.807, 2.05) is 0 Å². The molecule has 0 aliphatic rings. The smallest absolute Gasteiger partial charge is 0.376 e. The summed E-state index contributed by atoms with van der Waals surface area (Å²) in [6, 6.07) is 1.66. The first-order valence-corrected chi connectivity index (χ1v) is 7.28. The first-order valence-electron chi connectivity index (χ1n) is 7.28. The van der Waals surface area contributed by atoms with E-state index >= 15 is 0 Å². The van der Waals surface area contributed by atoms with E-state index in [0.717, 1.165) is 0 Å². The maximum atomic E-state index is 12.4. The molecule has 0 amide bonds. The van der Waals surface area contributed by atoms with Gasteiger partial charge >= 0.3 is 11.9 Å². The van der Waals surface area contributed by atoms with Crippen LogP contribution in [-0.2, 0) is 9.47 Å². The Morgan fingerprint density at radius 3 is 2.09 bits per heavy atom. The number of carbonyl (C=O) groups is 2. The van der Waals surface area contributed by atoms with Crippen LogP contribution in [0.1, 0.15) is 62.6 Å². The van der Waals surface area contributed by atoms with Crippen LogP contribution in [0.3, 0.4) is 0 Å². The maximum Gasteiger partial charge on any atom is 0.376 e. The number of hydrogen-bond donors (Lipinski definition) is 1. The molecule has 0 aliphatic carbocycles. The molecule has 23 heavy (non-hydrogen) atoms. The van der Waals surface area contributed by atoms with Crippen molar-refractivity contribution in [2.75, 3.05) is 0 Å². The van der Waals surface area contributed by atoms with E-state index < -0.39 is 23.1 Å². The summed E-state index contributed by atoms with van der Waals surface area (Å²) in [5, 5.41) is 0.492. The molecule has 2 aromatic heterocycles. The molecule has 0 saturated carbocycles. The Labute approximate surface area is 134 Å². The van der Waals surface area contributed by atoms with Crippen molar-refractivity contribution in [3.63, 3.8) is 0 Å². The summed E-state index contributed by atoms with van der Waals surface area (Å²) in [7, 11) is 0. The molecular weight excluding hydrogens is 298 g/mol. The highest BCUT2D eigenvalue weighted by Crippen LogP contribution is 2.19. The largest absolute Gasteiger partial charge is 0.455 e. The number of nitrogens with zero attached hydrogens (tertiary/aromatic N) is 2. The number of esters is 2. The first-order chi connectivity index (χ1) is 10.5. The second kappa shape index (κ2) is 5.64. The molecule has 1 N–H and O–H groups in total. The van der Waals surface area contributed by atoms with Crippen LogP contribution in [-0.4, -0.2) is 38.1 Å². The van der Waals surface area contributed by atoms with Crippen LogP contribution in [0.2, 0.25) is 0 Å². The molecule has 0 saturated heterocycles. The SMILES string of the molecule is CC(C)(C)OC(=O)c1nc(C(=O)OC(C)(C)C)c2cc[nH]c2n1. The number of nitrogens with one attached hydrogen (secondary N) is 1. The number of hydrogen-bond acceptors (Lipinski definition) is 6. The lowest BCUT2D eigenvalue weighted by atomic mass is 10.2. The Balaban J connectivity index is 2.46. The zero-order valence-corrected chi connectivity index (χ0v) is 14.2. The number of H-pyrrole nitrogens is 1. The zero-order chi connectivity index (χ0) is 17.4. The van der Waals surface area contributed by atoms with Crippen molar-refractivity contribution < 1.29 is 19.1 Å². The predicted octanol–water partition coefficient (Wildman–Crippen LogP) is 2.87. The molecule has 7 heteroatoms. The summed E-state index contributed by atoms with van der Waals surface area (Å²) in [5.74, 6) is -1.50. The number of ether oxygens (including phenoxy) is 2. The van der Waals surface area contributed by atoms with Crippen molar-refractivity contribution in [2.45, 2.75) is 52.7 Å². The molecule has 2 heterocycles. The average molecular weight is 319 g/mol. The van der Waals surface area contributed by atoms with Crippen molar-refractivity contribution in [2.24, 2.45) is 0 Å². The maximum absolute atomic E-state index is 12.4. The van der Waals surface area contributed by atoms with Gasteiger partial charge in [0.15, 0.2) is 5.69 Å². The van der Waals surface area contributed by atoms with E-state index in [9.17, 15) is 9.59 Å². The van der Waals surface area contributed by atoms with Crippen LogP contribution in [0, 0.1) is 0 Å². The Hall–Kier alpha value is -2.44. The van der Waals surface area contributed by atoms with Crippen LogP contribution >= 0.6 is 0 Å². The van der Waals surface area contributed by atoms with Gasteiger partial charge in [-0.2, -0.15) is 0 Å². The molecular formula is C16H21N3O4. The average Bonchev–Trinajstić information content (AvgIpc) is 2.81. The molecule has 0 atom stereocenters. The summed E-state index contributed by atoms with van der Waals surface area (Å²) in [6.45, 7) is 10.5. The molecule has 0 radical (unpaired) electrons. The van der Waals surface area contributed by atoms with E-state index in [-0.39, 0.29) is 11.5 Å². The third kappa shape index (κ3) is 4.28. The molecule has 0 aliphatic heterocycles. The standard InChI is InChI=1S/C16H21N3O4/c1-15(2,3)22-13(20)10-9-7-8-17-11(9)19-12(18-10)14(21)23-16(4,5)6/h7-8H,1-6H3,(H,17,18,19). The van der Waals surface area contributed by atoms with E-state index in [0.29, 0.717) is 11.0 Å². The highest BCUT2D eigenvalue weighted by Gasteiger charge is 2.26. The van der Waals surface area contributed by atoms with Gasteiger partial charge < -0.3 is 14.5 Å². The highest BCUT2D eigenvalue weighted by atomic mass is 16.6. The Morgan fingerprint density at radius 2 is 1.52 bits per heavy atom. The number of aromatic nitrogens is 3. The minimum absolute atomic E-state index is 0.0343. The normalized spacial score (nSPS) is 12.3. The predicted molar refractivity (Wildman–Crippen MR) is 84.2 cm³/mol. The van der Waals surface area contributed by atoms with Gasteiger partial charge in [0, 0.05) is 6.20 Å². The molecule has 7 nitrogen and oxygen atoms in total. The van der Waals surface area contributed by atoms with Gasteiger partial charge in [-0.15, -0.1) is 0 Å².